The maximum atomic E-state index is 10.1. The lowest BCUT2D eigenvalue weighted by Gasteiger charge is -2.35. The third-order valence-corrected chi connectivity index (χ3v) is 6.06. The number of hydrogen-bond acceptors (Lipinski definition) is 8. The molecule has 0 bridgehead atoms. The maximum absolute atomic E-state index is 10.1. The number of rotatable bonds is 8. The molecule has 0 radical (unpaired) electrons. The number of piperazine rings is 1. The fourth-order valence-corrected chi connectivity index (χ4v) is 4.26. The van der Waals surface area contributed by atoms with Crippen LogP contribution < -0.4 is 9.64 Å². The van der Waals surface area contributed by atoms with Gasteiger partial charge in [-0.2, -0.15) is 0 Å². The molecule has 1 aromatic carbocycles. The Morgan fingerprint density at radius 1 is 1.09 bits per heavy atom. The van der Waals surface area contributed by atoms with E-state index in [0.29, 0.717) is 29.7 Å². The Labute approximate surface area is 198 Å². The summed E-state index contributed by atoms with van der Waals surface area (Å²) in [4.78, 5) is 8.10. The Balaban J connectivity index is 1.14. The summed E-state index contributed by atoms with van der Waals surface area (Å²) >= 11 is 0. The molecule has 5 rings (SSSR count). The minimum atomic E-state index is 0.201. The molecule has 1 saturated heterocycles. The molecule has 2 N–H and O–H groups in total. The number of nitrogens with one attached hydrogen (secondary N) is 1. The Morgan fingerprint density at radius 2 is 1.91 bits per heavy atom. The standard InChI is InChI=1S/C25H30N6O3/c1-17(2)13-19-16-24(29-34-19)33-12-11-30-7-9-31(10-8-30)23-15-18-14-21(27-28-25(18)26-23)20-5-3-4-6-22(20)32/h3-6,14-17,32H,7-13H2,1-2H3,(H,26,28). The number of H-pyrrole nitrogens is 1. The minimum absolute atomic E-state index is 0.201. The first kappa shape index (κ1) is 22.2. The Morgan fingerprint density at radius 3 is 2.71 bits per heavy atom. The second-order valence-electron chi connectivity index (χ2n) is 9.11. The van der Waals surface area contributed by atoms with Crippen LogP contribution in [0.3, 0.4) is 0 Å². The number of fused-ring (bicyclic) bond motifs is 1. The van der Waals surface area contributed by atoms with Crippen molar-refractivity contribution in [2.75, 3.05) is 44.2 Å². The van der Waals surface area contributed by atoms with Crippen LogP contribution in [0.5, 0.6) is 11.6 Å². The summed E-state index contributed by atoms with van der Waals surface area (Å²) in [6.45, 7) is 9.46. The largest absolute Gasteiger partial charge is 0.507 e. The molecule has 1 aliphatic rings. The van der Waals surface area contributed by atoms with E-state index in [9.17, 15) is 5.11 Å². The molecule has 178 valence electrons. The van der Waals surface area contributed by atoms with Gasteiger partial charge in [0.25, 0.3) is 5.88 Å². The predicted octanol–water partition coefficient (Wildman–Crippen LogP) is 3.72. The van der Waals surface area contributed by atoms with Crippen LogP contribution in [0.15, 0.2) is 47.0 Å². The molecule has 4 aromatic rings. The van der Waals surface area contributed by atoms with Crippen molar-refractivity contribution in [3.8, 4) is 22.9 Å². The van der Waals surface area contributed by atoms with Gasteiger partial charge in [-0.1, -0.05) is 26.0 Å². The second-order valence-corrected chi connectivity index (χ2v) is 9.11. The zero-order valence-corrected chi connectivity index (χ0v) is 19.6. The molecule has 34 heavy (non-hydrogen) atoms. The van der Waals surface area contributed by atoms with Crippen LogP contribution in [0.25, 0.3) is 22.3 Å². The summed E-state index contributed by atoms with van der Waals surface area (Å²) in [5.74, 6) is 3.20. The SMILES string of the molecule is CC(C)Cc1cc(OCCN2CCN(c3cc4cc(-c5ccccc5O)nnc4[nH]3)CC2)no1. The fraction of sp³-hybridized carbons (Fsp3) is 0.400. The van der Waals surface area contributed by atoms with E-state index in [1.165, 1.54) is 0 Å². The fourth-order valence-electron chi connectivity index (χ4n) is 4.26. The summed E-state index contributed by atoms with van der Waals surface area (Å²) in [5.41, 5.74) is 2.08. The highest BCUT2D eigenvalue weighted by atomic mass is 16.5. The summed E-state index contributed by atoms with van der Waals surface area (Å²) in [5, 5.41) is 23.7. The van der Waals surface area contributed by atoms with Crippen LogP contribution >= 0.6 is 0 Å². The highest BCUT2D eigenvalue weighted by Gasteiger charge is 2.19. The molecule has 0 spiro atoms. The van der Waals surface area contributed by atoms with Crippen LogP contribution in [0.4, 0.5) is 5.82 Å². The second kappa shape index (κ2) is 9.72. The normalized spacial score (nSPS) is 14.9. The molecule has 3 aromatic heterocycles. The van der Waals surface area contributed by atoms with E-state index < -0.39 is 0 Å². The van der Waals surface area contributed by atoms with Crippen molar-refractivity contribution in [3.05, 3.63) is 48.2 Å². The predicted molar refractivity (Wildman–Crippen MR) is 130 cm³/mol. The third kappa shape index (κ3) is 4.99. The molecule has 0 saturated carbocycles. The minimum Gasteiger partial charge on any atom is -0.507 e. The lowest BCUT2D eigenvalue weighted by atomic mass is 10.1. The highest BCUT2D eigenvalue weighted by Crippen LogP contribution is 2.29. The lowest BCUT2D eigenvalue weighted by molar-refractivity contribution is 0.191. The highest BCUT2D eigenvalue weighted by molar-refractivity contribution is 5.84. The molecule has 1 aliphatic heterocycles. The van der Waals surface area contributed by atoms with E-state index in [2.05, 4.69) is 50.1 Å². The number of anilines is 1. The van der Waals surface area contributed by atoms with Gasteiger partial charge in [-0.05, 0) is 35.3 Å². The molecule has 1 fully saturated rings. The van der Waals surface area contributed by atoms with Crippen LogP contribution in [0, 0.1) is 5.92 Å². The monoisotopic (exact) mass is 462 g/mol. The average molecular weight is 463 g/mol. The molecular formula is C25H30N6O3. The van der Waals surface area contributed by atoms with Gasteiger partial charge < -0.3 is 24.3 Å². The Hall–Kier alpha value is -3.59. The van der Waals surface area contributed by atoms with Gasteiger partial charge in [0.15, 0.2) is 5.65 Å². The molecule has 0 amide bonds. The smallest absolute Gasteiger partial charge is 0.254 e. The summed E-state index contributed by atoms with van der Waals surface area (Å²) < 4.78 is 11.1. The number of aromatic hydroxyl groups is 1. The molecule has 0 aliphatic carbocycles. The number of aromatic amines is 1. The maximum Gasteiger partial charge on any atom is 0.254 e. The molecule has 0 unspecified atom stereocenters. The van der Waals surface area contributed by atoms with Crippen molar-refractivity contribution in [2.45, 2.75) is 20.3 Å². The lowest BCUT2D eigenvalue weighted by Crippen LogP contribution is -2.47. The Kier molecular flexibility index (Phi) is 6.35. The molecule has 4 heterocycles. The quantitative estimate of drug-likeness (QED) is 0.408. The van der Waals surface area contributed by atoms with Crippen LogP contribution in [-0.4, -0.2) is 69.7 Å². The van der Waals surface area contributed by atoms with E-state index >= 15 is 0 Å². The van der Waals surface area contributed by atoms with Gasteiger partial charge in [0.2, 0.25) is 0 Å². The number of hydrogen-bond donors (Lipinski definition) is 2. The number of para-hydroxylation sites is 1. The zero-order valence-electron chi connectivity index (χ0n) is 19.6. The average Bonchev–Trinajstić information content (AvgIpc) is 3.46. The van der Waals surface area contributed by atoms with E-state index in [4.69, 9.17) is 9.26 Å². The van der Waals surface area contributed by atoms with Gasteiger partial charge in [0.1, 0.15) is 23.9 Å². The van der Waals surface area contributed by atoms with Gasteiger partial charge in [-0.3, -0.25) is 4.90 Å². The van der Waals surface area contributed by atoms with Crippen molar-refractivity contribution in [2.24, 2.45) is 5.92 Å². The molecule has 9 heteroatoms. The molecular weight excluding hydrogens is 432 g/mol. The van der Waals surface area contributed by atoms with Crippen LogP contribution in [0.1, 0.15) is 19.6 Å². The van der Waals surface area contributed by atoms with Crippen molar-refractivity contribution in [1.82, 2.24) is 25.2 Å². The first-order valence-electron chi connectivity index (χ1n) is 11.8. The number of aromatic nitrogens is 4. The van der Waals surface area contributed by atoms with Gasteiger partial charge in [0, 0.05) is 56.2 Å². The van der Waals surface area contributed by atoms with Gasteiger partial charge in [-0.25, -0.2) is 0 Å². The first-order valence-corrected chi connectivity index (χ1v) is 11.8. The first-order chi connectivity index (χ1) is 16.5. The van der Waals surface area contributed by atoms with Gasteiger partial charge in [0.05, 0.1) is 5.69 Å². The summed E-state index contributed by atoms with van der Waals surface area (Å²) in [6, 6.07) is 13.1. The van der Waals surface area contributed by atoms with E-state index in [0.717, 1.165) is 61.8 Å². The molecule has 9 nitrogen and oxygen atoms in total. The van der Waals surface area contributed by atoms with Crippen LogP contribution in [0.2, 0.25) is 0 Å². The topological polar surface area (TPSA) is 104 Å². The number of phenols is 1. The Bertz CT molecular complexity index is 1240. The van der Waals surface area contributed by atoms with Crippen molar-refractivity contribution < 1.29 is 14.4 Å². The van der Waals surface area contributed by atoms with Crippen LogP contribution in [-0.2, 0) is 6.42 Å². The number of benzene rings is 1. The van der Waals surface area contributed by atoms with Crippen molar-refractivity contribution >= 4 is 16.9 Å². The van der Waals surface area contributed by atoms with Crippen molar-refractivity contribution in [1.29, 1.82) is 0 Å². The zero-order chi connectivity index (χ0) is 23.5. The van der Waals surface area contributed by atoms with E-state index in [1.807, 2.05) is 24.3 Å². The number of phenolic OH excluding ortho intramolecular Hbond substituents is 1. The molecule has 0 atom stereocenters. The van der Waals surface area contributed by atoms with Gasteiger partial charge in [-0.15, -0.1) is 10.2 Å². The number of nitrogens with zero attached hydrogens (tertiary/aromatic N) is 5. The number of ether oxygens (including phenoxy) is 1. The summed E-state index contributed by atoms with van der Waals surface area (Å²) in [6.07, 6.45) is 0.869. The van der Waals surface area contributed by atoms with E-state index in [1.54, 1.807) is 12.1 Å². The summed E-state index contributed by atoms with van der Waals surface area (Å²) in [7, 11) is 0. The van der Waals surface area contributed by atoms with Crippen molar-refractivity contribution in [3.63, 3.8) is 0 Å². The van der Waals surface area contributed by atoms with Gasteiger partial charge >= 0.3 is 0 Å². The van der Waals surface area contributed by atoms with E-state index in [-0.39, 0.29) is 5.75 Å². The third-order valence-electron chi connectivity index (χ3n) is 6.06.